The number of rotatable bonds is 6. The Hall–Kier alpha value is -1.49. The maximum atomic E-state index is 11.6. The third-order valence-corrected chi connectivity index (χ3v) is 2.50. The first kappa shape index (κ1) is 13.6. The fraction of sp³-hybridized carbons (Fsp3) is 0.583. The van der Waals surface area contributed by atoms with Crippen molar-refractivity contribution in [3.63, 3.8) is 0 Å². The summed E-state index contributed by atoms with van der Waals surface area (Å²) in [4.78, 5) is 19.9. The maximum Gasteiger partial charge on any atom is 0.308 e. The molecule has 0 aromatic carbocycles. The monoisotopic (exact) mass is 237 g/mol. The summed E-state index contributed by atoms with van der Waals surface area (Å²) in [7, 11) is 0. The minimum Gasteiger partial charge on any atom is -0.466 e. The highest BCUT2D eigenvalue weighted by molar-refractivity contribution is 5.71. The van der Waals surface area contributed by atoms with E-state index in [1.165, 1.54) is 0 Å². The number of nitrogens with zero attached hydrogens (tertiary/aromatic N) is 2. The lowest BCUT2D eigenvalue weighted by molar-refractivity contribution is -0.144. The van der Waals surface area contributed by atoms with Crippen LogP contribution in [0.5, 0.6) is 0 Å². The second kappa shape index (κ2) is 6.30. The Bertz CT molecular complexity index is 356. The van der Waals surface area contributed by atoms with Gasteiger partial charge in [-0.15, -0.1) is 0 Å². The predicted octanol–water partition coefficient (Wildman–Crippen LogP) is 1.25. The van der Waals surface area contributed by atoms with Gasteiger partial charge >= 0.3 is 5.97 Å². The molecule has 5 nitrogen and oxygen atoms in total. The minimum absolute atomic E-state index is 0.235. The number of carbonyl (C=O) groups is 1. The van der Waals surface area contributed by atoms with Gasteiger partial charge < -0.3 is 10.1 Å². The molecule has 1 unspecified atom stereocenters. The lowest BCUT2D eigenvalue weighted by Gasteiger charge is -2.28. The lowest BCUT2D eigenvalue weighted by Crippen LogP contribution is -2.42. The van der Waals surface area contributed by atoms with E-state index in [0.29, 0.717) is 6.61 Å². The van der Waals surface area contributed by atoms with Gasteiger partial charge in [0, 0.05) is 12.4 Å². The molecule has 17 heavy (non-hydrogen) atoms. The van der Waals surface area contributed by atoms with Gasteiger partial charge in [0.05, 0.1) is 30.5 Å². The quantitative estimate of drug-likeness (QED) is 0.754. The summed E-state index contributed by atoms with van der Waals surface area (Å²) in [5.41, 5.74) is 0.213. The van der Waals surface area contributed by atoms with Crippen LogP contribution in [0.2, 0.25) is 0 Å². The van der Waals surface area contributed by atoms with Gasteiger partial charge in [-0.1, -0.05) is 6.92 Å². The molecular weight excluding hydrogens is 218 g/mol. The Morgan fingerprint density at radius 3 is 2.76 bits per heavy atom. The van der Waals surface area contributed by atoms with Crippen LogP contribution in [0.3, 0.4) is 0 Å². The SMILES string of the molecule is CCNC(C)(CC(=O)OCC)c1cnccn1. The number of aromatic nitrogens is 2. The normalized spacial score (nSPS) is 14.1. The van der Waals surface area contributed by atoms with Crippen molar-refractivity contribution in [1.29, 1.82) is 0 Å². The van der Waals surface area contributed by atoms with Crippen molar-refractivity contribution in [2.24, 2.45) is 0 Å². The number of hydrogen-bond acceptors (Lipinski definition) is 5. The van der Waals surface area contributed by atoms with Crippen molar-refractivity contribution in [3.05, 3.63) is 24.3 Å². The van der Waals surface area contributed by atoms with Crippen molar-refractivity contribution in [3.8, 4) is 0 Å². The Balaban J connectivity index is 2.86. The molecule has 94 valence electrons. The standard InChI is InChI=1S/C12H19N3O2/c1-4-15-12(3,8-11(16)17-5-2)10-9-13-6-7-14-10/h6-7,9,15H,4-5,8H2,1-3H3. The summed E-state index contributed by atoms with van der Waals surface area (Å²) in [6.45, 7) is 6.84. The molecule has 0 saturated heterocycles. The Morgan fingerprint density at radius 2 is 2.24 bits per heavy atom. The molecule has 0 radical (unpaired) electrons. The van der Waals surface area contributed by atoms with Crippen LogP contribution in [0, 0.1) is 0 Å². The van der Waals surface area contributed by atoms with Crippen LogP contribution >= 0.6 is 0 Å². The van der Waals surface area contributed by atoms with Crippen molar-refractivity contribution < 1.29 is 9.53 Å². The molecule has 0 saturated carbocycles. The van der Waals surface area contributed by atoms with Gasteiger partial charge in [-0.3, -0.25) is 14.8 Å². The molecule has 1 aromatic rings. The summed E-state index contributed by atoms with van der Waals surface area (Å²) in [6, 6.07) is 0. The molecule has 1 heterocycles. The smallest absolute Gasteiger partial charge is 0.308 e. The zero-order chi connectivity index (χ0) is 12.7. The molecule has 1 atom stereocenters. The second-order valence-electron chi connectivity index (χ2n) is 3.93. The first-order valence-corrected chi connectivity index (χ1v) is 5.79. The molecule has 1 N–H and O–H groups in total. The summed E-state index contributed by atoms with van der Waals surface area (Å²) < 4.78 is 4.98. The van der Waals surface area contributed by atoms with E-state index in [9.17, 15) is 4.79 Å². The number of hydrogen-bond donors (Lipinski definition) is 1. The van der Waals surface area contributed by atoms with Gasteiger partial charge in [0.2, 0.25) is 0 Å². The Kier molecular flexibility index (Phi) is 5.03. The van der Waals surface area contributed by atoms with Gasteiger partial charge in [0.25, 0.3) is 0 Å². The first-order chi connectivity index (χ1) is 8.12. The van der Waals surface area contributed by atoms with Crippen LogP contribution in [-0.2, 0) is 15.1 Å². The summed E-state index contributed by atoms with van der Waals surface area (Å²) in [5, 5.41) is 3.26. The topological polar surface area (TPSA) is 64.1 Å². The van der Waals surface area contributed by atoms with E-state index < -0.39 is 5.54 Å². The second-order valence-corrected chi connectivity index (χ2v) is 3.93. The summed E-state index contributed by atoms with van der Waals surface area (Å²) in [6.07, 6.45) is 5.14. The van der Waals surface area contributed by atoms with Crippen LogP contribution < -0.4 is 5.32 Å². The maximum absolute atomic E-state index is 11.6. The molecule has 0 bridgehead atoms. The van der Waals surface area contributed by atoms with E-state index in [1.807, 2.05) is 13.8 Å². The molecule has 0 fully saturated rings. The lowest BCUT2D eigenvalue weighted by atomic mass is 9.94. The fourth-order valence-corrected chi connectivity index (χ4v) is 1.72. The molecule has 1 rings (SSSR count). The molecule has 5 heteroatoms. The van der Waals surface area contributed by atoms with Gasteiger partial charge in [-0.2, -0.15) is 0 Å². The third kappa shape index (κ3) is 3.78. The first-order valence-electron chi connectivity index (χ1n) is 5.79. The van der Waals surface area contributed by atoms with E-state index in [2.05, 4.69) is 15.3 Å². The highest BCUT2D eigenvalue weighted by Crippen LogP contribution is 2.22. The molecule has 0 aliphatic rings. The number of ether oxygens (including phenoxy) is 1. The molecule has 0 spiro atoms. The van der Waals surface area contributed by atoms with Crippen LogP contribution in [-0.4, -0.2) is 29.1 Å². The number of nitrogens with one attached hydrogen (secondary N) is 1. The molecule has 1 aromatic heterocycles. The highest BCUT2D eigenvalue weighted by Gasteiger charge is 2.30. The van der Waals surface area contributed by atoms with Crippen molar-refractivity contribution in [2.45, 2.75) is 32.7 Å². The highest BCUT2D eigenvalue weighted by atomic mass is 16.5. The summed E-state index contributed by atoms with van der Waals surface area (Å²) >= 11 is 0. The molecule has 0 amide bonds. The minimum atomic E-state index is -0.532. The van der Waals surface area contributed by atoms with Crippen LogP contribution in [0.4, 0.5) is 0 Å². The average Bonchev–Trinajstić information content (AvgIpc) is 2.30. The van der Waals surface area contributed by atoms with Crippen LogP contribution in [0.15, 0.2) is 18.6 Å². The van der Waals surface area contributed by atoms with Gasteiger partial charge in [-0.05, 0) is 20.4 Å². The van der Waals surface area contributed by atoms with Gasteiger partial charge in [0.15, 0.2) is 0 Å². The largest absolute Gasteiger partial charge is 0.466 e. The number of esters is 1. The van der Waals surface area contributed by atoms with E-state index in [0.717, 1.165) is 12.2 Å². The zero-order valence-electron chi connectivity index (χ0n) is 10.6. The molecule has 0 aliphatic carbocycles. The number of carbonyl (C=O) groups excluding carboxylic acids is 1. The van der Waals surface area contributed by atoms with Gasteiger partial charge in [-0.25, -0.2) is 0 Å². The zero-order valence-corrected chi connectivity index (χ0v) is 10.6. The van der Waals surface area contributed by atoms with E-state index in [4.69, 9.17) is 4.74 Å². The van der Waals surface area contributed by atoms with Crippen LogP contribution in [0.1, 0.15) is 32.9 Å². The summed E-state index contributed by atoms with van der Waals surface area (Å²) in [5.74, 6) is -0.235. The van der Waals surface area contributed by atoms with Crippen molar-refractivity contribution in [1.82, 2.24) is 15.3 Å². The fourth-order valence-electron chi connectivity index (χ4n) is 1.72. The van der Waals surface area contributed by atoms with E-state index in [1.54, 1.807) is 25.5 Å². The van der Waals surface area contributed by atoms with Crippen molar-refractivity contribution in [2.75, 3.05) is 13.2 Å². The average molecular weight is 237 g/mol. The molecule has 0 aliphatic heterocycles. The van der Waals surface area contributed by atoms with Gasteiger partial charge in [0.1, 0.15) is 0 Å². The predicted molar refractivity (Wildman–Crippen MR) is 64.3 cm³/mol. The third-order valence-electron chi connectivity index (χ3n) is 2.50. The molecular formula is C12H19N3O2. The van der Waals surface area contributed by atoms with Crippen molar-refractivity contribution >= 4 is 5.97 Å². The Morgan fingerprint density at radius 1 is 1.47 bits per heavy atom. The van der Waals surface area contributed by atoms with E-state index >= 15 is 0 Å². The Labute approximate surface area is 102 Å². The van der Waals surface area contributed by atoms with Crippen LogP contribution in [0.25, 0.3) is 0 Å². The van der Waals surface area contributed by atoms with E-state index in [-0.39, 0.29) is 12.4 Å².